The maximum absolute atomic E-state index is 8.99. The Kier molecular flexibility index (Phi) is 4.44. The van der Waals surface area contributed by atoms with Crippen LogP contribution < -0.4 is 15.4 Å². The highest BCUT2D eigenvalue weighted by atomic mass is 16.5. The molecule has 0 aliphatic carbocycles. The number of aliphatic hydroxyl groups is 1. The summed E-state index contributed by atoms with van der Waals surface area (Å²) in [5, 5.41) is 15.1. The van der Waals surface area contributed by atoms with Gasteiger partial charge in [0.25, 0.3) is 0 Å². The molecule has 1 aromatic carbocycles. The molecule has 0 atom stereocenters. The molecule has 0 radical (unpaired) electrons. The molecule has 8 heteroatoms. The minimum Gasteiger partial charge on any atom is -0.497 e. The van der Waals surface area contributed by atoms with Gasteiger partial charge in [0.15, 0.2) is 17.0 Å². The summed E-state index contributed by atoms with van der Waals surface area (Å²) in [4.78, 5) is 17.2. The quantitative estimate of drug-likeness (QED) is 0.630. The molecular formula is C15H16N6O2. The van der Waals surface area contributed by atoms with Crippen LogP contribution in [0, 0.1) is 0 Å². The van der Waals surface area contributed by atoms with Crippen molar-refractivity contribution in [2.45, 2.75) is 0 Å². The molecule has 0 spiro atoms. The fourth-order valence-electron chi connectivity index (χ4n) is 2.05. The molecule has 3 N–H and O–H groups in total. The van der Waals surface area contributed by atoms with Gasteiger partial charge in [-0.15, -0.1) is 0 Å². The summed E-state index contributed by atoms with van der Waals surface area (Å²) < 4.78 is 5.20. The van der Waals surface area contributed by atoms with Crippen LogP contribution in [0.5, 0.6) is 5.75 Å². The first kappa shape index (κ1) is 14.9. The summed E-state index contributed by atoms with van der Waals surface area (Å²) in [6.07, 6.45) is 3.14. The van der Waals surface area contributed by atoms with E-state index >= 15 is 0 Å². The molecule has 0 aliphatic rings. The van der Waals surface area contributed by atoms with Crippen molar-refractivity contribution in [3.63, 3.8) is 0 Å². The van der Waals surface area contributed by atoms with Crippen LogP contribution in [0.3, 0.4) is 0 Å². The second kappa shape index (κ2) is 6.84. The Labute approximate surface area is 132 Å². The molecular weight excluding hydrogens is 296 g/mol. The summed E-state index contributed by atoms with van der Waals surface area (Å²) in [7, 11) is 1.61. The predicted molar refractivity (Wildman–Crippen MR) is 87.0 cm³/mol. The number of hydrogen-bond donors (Lipinski definition) is 3. The number of aromatic nitrogens is 4. The van der Waals surface area contributed by atoms with Gasteiger partial charge in [-0.25, -0.2) is 9.97 Å². The van der Waals surface area contributed by atoms with Gasteiger partial charge in [-0.3, -0.25) is 0 Å². The predicted octanol–water partition coefficient (Wildman–Crippen LogP) is 1.58. The third-order valence-electron chi connectivity index (χ3n) is 3.06. The number of aliphatic hydroxyl groups excluding tert-OH is 1. The van der Waals surface area contributed by atoms with Gasteiger partial charge in [-0.1, -0.05) is 6.07 Å². The maximum Gasteiger partial charge on any atom is 0.231 e. The topological polar surface area (TPSA) is 105 Å². The minimum absolute atomic E-state index is 0.00952. The van der Waals surface area contributed by atoms with E-state index in [0.717, 1.165) is 11.4 Å². The van der Waals surface area contributed by atoms with E-state index in [2.05, 4.69) is 30.6 Å². The van der Waals surface area contributed by atoms with E-state index in [0.29, 0.717) is 29.5 Å². The summed E-state index contributed by atoms with van der Waals surface area (Å²) in [6.45, 7) is 0.353. The maximum atomic E-state index is 8.99. The number of ether oxygens (including phenoxy) is 1. The van der Waals surface area contributed by atoms with E-state index in [1.54, 1.807) is 19.5 Å². The molecule has 0 bridgehead atoms. The van der Waals surface area contributed by atoms with Gasteiger partial charge >= 0.3 is 0 Å². The fraction of sp³-hybridized carbons (Fsp3) is 0.200. The van der Waals surface area contributed by atoms with E-state index in [9.17, 15) is 0 Å². The Hall–Kier alpha value is -3.00. The molecule has 0 unspecified atom stereocenters. The standard InChI is InChI=1S/C15H16N6O2/c1-23-11-4-2-3-10(9-11)19-15-20-13-12(16-5-6-17-13)14(21-15)18-7-8-22/h2-6,9,22H,7-8H2,1H3,(H2,17,18,19,20,21). The van der Waals surface area contributed by atoms with Crippen LogP contribution in [0.15, 0.2) is 36.7 Å². The molecule has 8 nitrogen and oxygen atoms in total. The average Bonchev–Trinajstić information content (AvgIpc) is 2.60. The van der Waals surface area contributed by atoms with Crippen LogP contribution in [-0.4, -0.2) is 45.3 Å². The third-order valence-corrected chi connectivity index (χ3v) is 3.06. The highest BCUT2D eigenvalue weighted by molar-refractivity contribution is 5.83. The van der Waals surface area contributed by atoms with Gasteiger partial charge in [-0.05, 0) is 12.1 Å². The lowest BCUT2D eigenvalue weighted by Gasteiger charge is -2.10. The Morgan fingerprint density at radius 3 is 2.87 bits per heavy atom. The lowest BCUT2D eigenvalue weighted by molar-refractivity contribution is 0.311. The number of nitrogens with zero attached hydrogens (tertiary/aromatic N) is 4. The zero-order chi connectivity index (χ0) is 16.1. The zero-order valence-corrected chi connectivity index (χ0v) is 12.5. The van der Waals surface area contributed by atoms with Crippen LogP contribution in [0.4, 0.5) is 17.5 Å². The molecule has 3 rings (SSSR count). The first-order valence-electron chi connectivity index (χ1n) is 7.04. The molecule has 3 aromatic rings. The van der Waals surface area contributed by atoms with Gasteiger partial charge in [0.2, 0.25) is 5.95 Å². The normalized spacial score (nSPS) is 10.5. The van der Waals surface area contributed by atoms with Crippen molar-refractivity contribution in [3.8, 4) is 5.75 Å². The van der Waals surface area contributed by atoms with Gasteiger partial charge in [-0.2, -0.15) is 9.97 Å². The zero-order valence-electron chi connectivity index (χ0n) is 12.5. The van der Waals surface area contributed by atoms with Crippen LogP contribution in [0.2, 0.25) is 0 Å². The Morgan fingerprint density at radius 1 is 1.17 bits per heavy atom. The highest BCUT2D eigenvalue weighted by Crippen LogP contribution is 2.22. The van der Waals surface area contributed by atoms with Gasteiger partial charge in [0.05, 0.1) is 13.7 Å². The van der Waals surface area contributed by atoms with Crippen molar-refractivity contribution in [2.75, 3.05) is 30.9 Å². The fourth-order valence-corrected chi connectivity index (χ4v) is 2.05. The van der Waals surface area contributed by atoms with Crippen molar-refractivity contribution in [1.29, 1.82) is 0 Å². The van der Waals surface area contributed by atoms with Crippen molar-refractivity contribution < 1.29 is 9.84 Å². The monoisotopic (exact) mass is 312 g/mol. The lowest BCUT2D eigenvalue weighted by Crippen LogP contribution is -2.10. The van der Waals surface area contributed by atoms with E-state index in [-0.39, 0.29) is 6.61 Å². The van der Waals surface area contributed by atoms with E-state index in [4.69, 9.17) is 9.84 Å². The first-order valence-corrected chi connectivity index (χ1v) is 7.04. The number of hydrogen-bond acceptors (Lipinski definition) is 8. The van der Waals surface area contributed by atoms with E-state index in [1.807, 2.05) is 24.3 Å². The molecule has 0 fully saturated rings. The van der Waals surface area contributed by atoms with E-state index < -0.39 is 0 Å². The second-order valence-corrected chi connectivity index (χ2v) is 4.63. The van der Waals surface area contributed by atoms with Gasteiger partial charge in [0.1, 0.15) is 5.75 Å². The number of methoxy groups -OCH3 is 1. The number of anilines is 3. The van der Waals surface area contributed by atoms with E-state index in [1.165, 1.54) is 0 Å². The van der Waals surface area contributed by atoms with Crippen LogP contribution >= 0.6 is 0 Å². The summed E-state index contributed by atoms with van der Waals surface area (Å²) >= 11 is 0. The molecule has 2 aromatic heterocycles. The number of fused-ring (bicyclic) bond motifs is 1. The largest absolute Gasteiger partial charge is 0.497 e. The van der Waals surface area contributed by atoms with Crippen molar-refractivity contribution in [2.24, 2.45) is 0 Å². The second-order valence-electron chi connectivity index (χ2n) is 4.63. The Bertz CT molecular complexity index is 811. The summed E-state index contributed by atoms with van der Waals surface area (Å²) in [6, 6.07) is 7.44. The average molecular weight is 312 g/mol. The third kappa shape index (κ3) is 3.43. The Morgan fingerprint density at radius 2 is 2.04 bits per heavy atom. The van der Waals surface area contributed by atoms with Crippen LogP contribution in [0.25, 0.3) is 11.2 Å². The SMILES string of the molecule is COc1cccc(Nc2nc(NCCO)c3nccnc3n2)c1. The molecule has 118 valence electrons. The number of nitrogens with one attached hydrogen (secondary N) is 2. The minimum atomic E-state index is -0.00952. The smallest absolute Gasteiger partial charge is 0.231 e. The molecule has 0 saturated carbocycles. The van der Waals surface area contributed by atoms with Crippen molar-refractivity contribution in [1.82, 2.24) is 19.9 Å². The van der Waals surface area contributed by atoms with Gasteiger partial charge in [0, 0.05) is 30.7 Å². The van der Waals surface area contributed by atoms with Crippen LogP contribution in [-0.2, 0) is 0 Å². The molecule has 23 heavy (non-hydrogen) atoms. The number of rotatable bonds is 6. The number of benzene rings is 1. The van der Waals surface area contributed by atoms with Crippen molar-refractivity contribution in [3.05, 3.63) is 36.7 Å². The highest BCUT2D eigenvalue weighted by Gasteiger charge is 2.10. The summed E-state index contributed by atoms with van der Waals surface area (Å²) in [5.41, 5.74) is 1.81. The molecule has 2 heterocycles. The Balaban J connectivity index is 1.96. The first-order chi connectivity index (χ1) is 11.3. The van der Waals surface area contributed by atoms with Crippen LogP contribution in [0.1, 0.15) is 0 Å². The molecule has 0 aliphatic heterocycles. The lowest BCUT2D eigenvalue weighted by atomic mass is 10.3. The molecule has 0 amide bonds. The van der Waals surface area contributed by atoms with Crippen molar-refractivity contribution >= 4 is 28.6 Å². The molecule has 0 saturated heterocycles. The summed E-state index contributed by atoms with van der Waals surface area (Å²) in [5.74, 6) is 1.63. The van der Waals surface area contributed by atoms with Gasteiger partial charge < -0.3 is 20.5 Å².